The number of benzene rings is 1. The lowest BCUT2D eigenvalue weighted by Crippen LogP contribution is -2.21. The van der Waals surface area contributed by atoms with Crippen LogP contribution in [0, 0.1) is 0 Å². The number of carbonyl (C=O) groups is 1. The molecule has 1 aromatic rings. The summed E-state index contributed by atoms with van der Waals surface area (Å²) in [6.45, 7) is 4.73. The van der Waals surface area contributed by atoms with E-state index in [-0.39, 0.29) is 0 Å². The number of aldehydes is 1. The number of hydrogen-bond donors (Lipinski definition) is 0. The highest BCUT2D eigenvalue weighted by Crippen LogP contribution is 2.42. The summed E-state index contributed by atoms with van der Waals surface area (Å²) in [6.07, 6.45) is 0.915. The van der Waals surface area contributed by atoms with Gasteiger partial charge in [0.15, 0.2) is 11.5 Å². The van der Waals surface area contributed by atoms with E-state index >= 15 is 0 Å². The molecule has 0 spiro atoms. The van der Waals surface area contributed by atoms with Crippen LogP contribution in [0.25, 0.3) is 0 Å². The molecule has 0 aliphatic carbocycles. The van der Waals surface area contributed by atoms with Crippen molar-refractivity contribution < 1.29 is 19.0 Å². The Morgan fingerprint density at radius 3 is 2.65 bits per heavy atom. The van der Waals surface area contributed by atoms with Gasteiger partial charge in [-0.2, -0.15) is 0 Å². The van der Waals surface area contributed by atoms with E-state index in [0.717, 1.165) is 11.8 Å². The molecular weight excluding hydrogens is 220 g/mol. The molecule has 1 aromatic carbocycles. The van der Waals surface area contributed by atoms with Crippen molar-refractivity contribution in [3.05, 3.63) is 17.7 Å². The van der Waals surface area contributed by atoms with Gasteiger partial charge in [-0.3, -0.25) is 0 Å². The molecule has 0 N–H and O–H groups in total. The summed E-state index contributed by atoms with van der Waals surface area (Å²) in [7, 11) is 1.57. The fourth-order valence-corrected chi connectivity index (χ4v) is 1.71. The highest BCUT2D eigenvalue weighted by molar-refractivity contribution is 5.69. The van der Waals surface area contributed by atoms with Crippen LogP contribution in [0.4, 0.5) is 0 Å². The van der Waals surface area contributed by atoms with E-state index in [1.807, 2.05) is 26.0 Å². The van der Waals surface area contributed by atoms with E-state index in [9.17, 15) is 4.79 Å². The van der Waals surface area contributed by atoms with E-state index in [1.54, 1.807) is 7.11 Å². The smallest absolute Gasteiger partial charge is 0.203 e. The first-order chi connectivity index (χ1) is 8.08. The summed E-state index contributed by atoms with van der Waals surface area (Å²) in [4.78, 5) is 11.1. The molecule has 1 heterocycles. The highest BCUT2D eigenvalue weighted by Gasteiger charge is 2.25. The number of fused-ring (bicyclic) bond motifs is 1. The Morgan fingerprint density at radius 2 is 2.00 bits per heavy atom. The molecule has 0 saturated carbocycles. The van der Waals surface area contributed by atoms with E-state index < -0.39 is 5.41 Å². The summed E-state index contributed by atoms with van der Waals surface area (Å²) in [5.74, 6) is 1.86. The molecule has 0 fully saturated rings. The van der Waals surface area contributed by atoms with Gasteiger partial charge in [0.25, 0.3) is 0 Å². The van der Waals surface area contributed by atoms with Gasteiger partial charge < -0.3 is 19.0 Å². The third kappa shape index (κ3) is 2.07. The van der Waals surface area contributed by atoms with Crippen molar-refractivity contribution in [2.45, 2.75) is 19.3 Å². The summed E-state index contributed by atoms with van der Waals surface area (Å²) < 4.78 is 16.3. The van der Waals surface area contributed by atoms with Crippen molar-refractivity contribution in [1.29, 1.82) is 0 Å². The monoisotopic (exact) mass is 236 g/mol. The molecule has 0 bridgehead atoms. The maximum Gasteiger partial charge on any atom is 0.203 e. The number of rotatable bonds is 3. The third-order valence-corrected chi connectivity index (χ3v) is 2.87. The lowest BCUT2D eigenvalue weighted by Gasteiger charge is -2.25. The average molecular weight is 236 g/mol. The Bertz CT molecular complexity index is 420. The zero-order valence-electron chi connectivity index (χ0n) is 10.3. The SMILES string of the molecule is COc1cc(C(C)(C)C=O)cc2c1OCCO2. The second-order valence-corrected chi connectivity index (χ2v) is 4.54. The van der Waals surface area contributed by atoms with Gasteiger partial charge in [0.05, 0.1) is 7.11 Å². The summed E-state index contributed by atoms with van der Waals surface area (Å²) >= 11 is 0. The predicted molar refractivity (Wildman–Crippen MR) is 63.1 cm³/mol. The minimum Gasteiger partial charge on any atom is -0.493 e. The van der Waals surface area contributed by atoms with Crippen LogP contribution in [0.1, 0.15) is 19.4 Å². The molecule has 4 heteroatoms. The van der Waals surface area contributed by atoms with Gasteiger partial charge >= 0.3 is 0 Å². The molecule has 1 aliphatic rings. The molecule has 0 unspecified atom stereocenters. The summed E-state index contributed by atoms with van der Waals surface area (Å²) in [5, 5.41) is 0. The van der Waals surface area contributed by atoms with Gasteiger partial charge in [0, 0.05) is 5.41 Å². The van der Waals surface area contributed by atoms with Gasteiger partial charge in [-0.05, 0) is 31.5 Å². The first-order valence-corrected chi connectivity index (χ1v) is 5.53. The maximum absolute atomic E-state index is 11.1. The Kier molecular flexibility index (Phi) is 2.96. The average Bonchev–Trinajstić information content (AvgIpc) is 2.37. The number of hydrogen-bond acceptors (Lipinski definition) is 4. The Morgan fingerprint density at radius 1 is 1.29 bits per heavy atom. The summed E-state index contributed by atoms with van der Waals surface area (Å²) in [6, 6.07) is 3.66. The van der Waals surface area contributed by atoms with E-state index in [4.69, 9.17) is 14.2 Å². The minimum absolute atomic E-state index is 0.514. The molecule has 0 amide bonds. The molecule has 0 atom stereocenters. The van der Waals surface area contributed by atoms with Crippen LogP contribution in [-0.2, 0) is 10.2 Å². The standard InChI is InChI=1S/C13H16O4/c1-13(2,8-14)9-6-10(15-3)12-11(7-9)16-4-5-17-12/h6-8H,4-5H2,1-3H3. The topological polar surface area (TPSA) is 44.8 Å². The molecular formula is C13H16O4. The quantitative estimate of drug-likeness (QED) is 0.752. The summed E-state index contributed by atoms with van der Waals surface area (Å²) in [5.41, 5.74) is 0.289. The fraction of sp³-hybridized carbons (Fsp3) is 0.462. The van der Waals surface area contributed by atoms with Crippen molar-refractivity contribution in [2.24, 2.45) is 0 Å². The zero-order valence-corrected chi connectivity index (χ0v) is 10.3. The molecule has 0 radical (unpaired) electrons. The molecule has 1 aliphatic heterocycles. The number of methoxy groups -OCH3 is 1. The van der Waals surface area contributed by atoms with E-state index in [1.165, 1.54) is 0 Å². The van der Waals surface area contributed by atoms with Crippen molar-refractivity contribution >= 4 is 6.29 Å². The number of carbonyl (C=O) groups excluding carboxylic acids is 1. The molecule has 17 heavy (non-hydrogen) atoms. The van der Waals surface area contributed by atoms with Gasteiger partial charge in [0.1, 0.15) is 19.5 Å². The Labute approximate surface area is 100 Å². The third-order valence-electron chi connectivity index (χ3n) is 2.87. The van der Waals surface area contributed by atoms with Crippen molar-refractivity contribution in [3.8, 4) is 17.2 Å². The first-order valence-electron chi connectivity index (χ1n) is 5.53. The van der Waals surface area contributed by atoms with E-state index in [2.05, 4.69) is 0 Å². The molecule has 0 saturated heterocycles. The predicted octanol–water partition coefficient (Wildman–Crippen LogP) is 1.94. The van der Waals surface area contributed by atoms with Crippen LogP contribution >= 0.6 is 0 Å². The minimum atomic E-state index is -0.566. The van der Waals surface area contributed by atoms with E-state index in [0.29, 0.717) is 30.5 Å². The fourth-order valence-electron chi connectivity index (χ4n) is 1.71. The van der Waals surface area contributed by atoms with Crippen LogP contribution in [0.3, 0.4) is 0 Å². The Balaban J connectivity index is 2.53. The lowest BCUT2D eigenvalue weighted by atomic mass is 9.86. The van der Waals surface area contributed by atoms with Crippen LogP contribution < -0.4 is 14.2 Å². The molecule has 4 nitrogen and oxygen atoms in total. The lowest BCUT2D eigenvalue weighted by molar-refractivity contribution is -0.111. The van der Waals surface area contributed by atoms with Gasteiger partial charge in [-0.1, -0.05) is 0 Å². The van der Waals surface area contributed by atoms with Crippen LogP contribution in [-0.4, -0.2) is 26.6 Å². The van der Waals surface area contributed by atoms with Crippen LogP contribution in [0.15, 0.2) is 12.1 Å². The van der Waals surface area contributed by atoms with Gasteiger partial charge in [-0.15, -0.1) is 0 Å². The van der Waals surface area contributed by atoms with Crippen molar-refractivity contribution in [3.63, 3.8) is 0 Å². The Hall–Kier alpha value is -1.71. The molecule has 92 valence electrons. The van der Waals surface area contributed by atoms with Crippen LogP contribution in [0.5, 0.6) is 17.2 Å². The highest BCUT2D eigenvalue weighted by atomic mass is 16.6. The second kappa shape index (κ2) is 4.28. The first kappa shape index (κ1) is 11.8. The van der Waals surface area contributed by atoms with Crippen molar-refractivity contribution in [1.82, 2.24) is 0 Å². The largest absolute Gasteiger partial charge is 0.493 e. The number of ether oxygens (including phenoxy) is 3. The maximum atomic E-state index is 11.1. The molecule has 2 rings (SSSR count). The molecule has 0 aromatic heterocycles. The van der Waals surface area contributed by atoms with Crippen LogP contribution in [0.2, 0.25) is 0 Å². The van der Waals surface area contributed by atoms with Crippen molar-refractivity contribution in [2.75, 3.05) is 20.3 Å². The normalized spacial score (nSPS) is 14.3. The van der Waals surface area contributed by atoms with Gasteiger partial charge in [-0.25, -0.2) is 0 Å². The second-order valence-electron chi connectivity index (χ2n) is 4.54. The van der Waals surface area contributed by atoms with Gasteiger partial charge in [0.2, 0.25) is 5.75 Å². The zero-order chi connectivity index (χ0) is 12.5.